The molecule has 1 saturated carbocycles. The van der Waals surface area contributed by atoms with E-state index >= 15 is 0 Å². The van der Waals surface area contributed by atoms with Gasteiger partial charge in [0.15, 0.2) is 0 Å². The topological polar surface area (TPSA) is 3.24 Å². The molecule has 2 atom stereocenters. The van der Waals surface area contributed by atoms with Gasteiger partial charge in [-0.1, -0.05) is 32.0 Å². The van der Waals surface area contributed by atoms with Gasteiger partial charge in [-0.3, -0.25) is 4.90 Å². The Balaban J connectivity index is 2.01. The highest BCUT2D eigenvalue weighted by molar-refractivity contribution is 5.29. The number of nitrogens with zero attached hydrogens (tertiary/aromatic N) is 1. The van der Waals surface area contributed by atoms with E-state index in [4.69, 9.17) is 0 Å². The molecule has 1 aliphatic rings. The van der Waals surface area contributed by atoms with E-state index in [-0.39, 0.29) is 5.82 Å². The van der Waals surface area contributed by atoms with Gasteiger partial charge in [-0.25, -0.2) is 4.39 Å². The maximum Gasteiger partial charge on any atom is 0.126 e. The van der Waals surface area contributed by atoms with E-state index in [0.717, 1.165) is 25.1 Å². The van der Waals surface area contributed by atoms with Gasteiger partial charge in [-0.15, -0.1) is 0 Å². The van der Waals surface area contributed by atoms with Gasteiger partial charge in [-0.05, 0) is 44.0 Å². The SMILES string of the molecule is CCCN(CCC)[C@H]1C[C@@H]1c1ccccc1F. The lowest BCUT2D eigenvalue weighted by Crippen LogP contribution is -2.28. The third-order valence-corrected chi connectivity index (χ3v) is 3.55. The minimum atomic E-state index is -0.0343. The minimum absolute atomic E-state index is 0.0343. The summed E-state index contributed by atoms with van der Waals surface area (Å²) in [6.45, 7) is 6.71. The van der Waals surface area contributed by atoms with Crippen molar-refractivity contribution in [1.82, 2.24) is 4.90 Å². The van der Waals surface area contributed by atoms with Crippen LogP contribution >= 0.6 is 0 Å². The van der Waals surface area contributed by atoms with Crippen LogP contribution in [-0.2, 0) is 0 Å². The first kappa shape index (κ1) is 12.6. The summed E-state index contributed by atoms with van der Waals surface area (Å²) in [7, 11) is 0. The molecule has 94 valence electrons. The summed E-state index contributed by atoms with van der Waals surface area (Å²) in [4.78, 5) is 2.52. The van der Waals surface area contributed by atoms with E-state index < -0.39 is 0 Å². The second-order valence-corrected chi connectivity index (χ2v) is 4.97. The van der Waals surface area contributed by atoms with Crippen LogP contribution in [0, 0.1) is 5.82 Å². The molecule has 0 spiro atoms. The van der Waals surface area contributed by atoms with Crippen LogP contribution in [0.1, 0.15) is 44.6 Å². The van der Waals surface area contributed by atoms with E-state index in [0.29, 0.717) is 12.0 Å². The molecule has 2 heteroatoms. The predicted octanol–water partition coefficient (Wildman–Crippen LogP) is 3.80. The molecule has 0 radical (unpaired) electrons. The first-order chi connectivity index (χ1) is 8.27. The van der Waals surface area contributed by atoms with Gasteiger partial charge in [0.2, 0.25) is 0 Å². The van der Waals surface area contributed by atoms with Crippen molar-refractivity contribution in [3.05, 3.63) is 35.6 Å². The Labute approximate surface area is 104 Å². The van der Waals surface area contributed by atoms with Gasteiger partial charge in [0, 0.05) is 12.0 Å². The Morgan fingerprint density at radius 2 is 1.82 bits per heavy atom. The summed E-state index contributed by atoms with van der Waals surface area (Å²) in [5.41, 5.74) is 0.912. The van der Waals surface area contributed by atoms with Gasteiger partial charge in [0.25, 0.3) is 0 Å². The Morgan fingerprint density at radius 1 is 1.18 bits per heavy atom. The maximum absolute atomic E-state index is 13.7. The zero-order valence-electron chi connectivity index (χ0n) is 10.8. The Hall–Kier alpha value is -0.890. The summed E-state index contributed by atoms with van der Waals surface area (Å²) >= 11 is 0. The molecule has 2 rings (SSSR count). The van der Waals surface area contributed by atoms with Gasteiger partial charge in [0.05, 0.1) is 0 Å². The lowest BCUT2D eigenvalue weighted by Gasteiger charge is -2.21. The second-order valence-electron chi connectivity index (χ2n) is 4.97. The van der Waals surface area contributed by atoms with Crippen LogP contribution in [0.15, 0.2) is 24.3 Å². The van der Waals surface area contributed by atoms with E-state index in [2.05, 4.69) is 18.7 Å². The second kappa shape index (κ2) is 5.63. The zero-order valence-corrected chi connectivity index (χ0v) is 10.8. The van der Waals surface area contributed by atoms with E-state index in [1.807, 2.05) is 12.1 Å². The molecule has 17 heavy (non-hydrogen) atoms. The number of hydrogen-bond donors (Lipinski definition) is 0. The number of hydrogen-bond acceptors (Lipinski definition) is 1. The molecule has 0 amide bonds. The van der Waals surface area contributed by atoms with Gasteiger partial charge >= 0.3 is 0 Å². The van der Waals surface area contributed by atoms with Crippen molar-refractivity contribution in [3.8, 4) is 0 Å². The smallest absolute Gasteiger partial charge is 0.126 e. The van der Waals surface area contributed by atoms with Crippen LogP contribution < -0.4 is 0 Å². The van der Waals surface area contributed by atoms with E-state index in [1.165, 1.54) is 12.8 Å². The molecule has 1 aliphatic carbocycles. The molecule has 0 aliphatic heterocycles. The number of benzene rings is 1. The molecule has 1 fully saturated rings. The monoisotopic (exact) mass is 235 g/mol. The molecule has 0 heterocycles. The molecule has 0 N–H and O–H groups in total. The molecular weight excluding hydrogens is 213 g/mol. The van der Waals surface area contributed by atoms with Crippen molar-refractivity contribution in [2.24, 2.45) is 0 Å². The highest BCUT2D eigenvalue weighted by Crippen LogP contribution is 2.45. The maximum atomic E-state index is 13.7. The quantitative estimate of drug-likeness (QED) is 0.725. The van der Waals surface area contributed by atoms with Gasteiger partial charge in [-0.2, -0.15) is 0 Å². The molecule has 0 aromatic heterocycles. The van der Waals surface area contributed by atoms with Gasteiger partial charge < -0.3 is 0 Å². The summed E-state index contributed by atoms with van der Waals surface area (Å²) in [5.74, 6) is 0.391. The van der Waals surface area contributed by atoms with Crippen LogP contribution in [0.4, 0.5) is 4.39 Å². The first-order valence-electron chi connectivity index (χ1n) is 6.76. The van der Waals surface area contributed by atoms with Crippen molar-refractivity contribution < 1.29 is 4.39 Å². The fourth-order valence-corrected chi connectivity index (χ4v) is 2.71. The molecule has 0 saturated heterocycles. The molecule has 0 bridgehead atoms. The van der Waals surface area contributed by atoms with Crippen molar-refractivity contribution in [3.63, 3.8) is 0 Å². The number of halogens is 1. The van der Waals surface area contributed by atoms with Crippen molar-refractivity contribution >= 4 is 0 Å². The highest BCUT2D eigenvalue weighted by Gasteiger charge is 2.43. The lowest BCUT2D eigenvalue weighted by atomic mass is 10.1. The predicted molar refractivity (Wildman–Crippen MR) is 69.7 cm³/mol. The molecule has 1 nitrogen and oxygen atoms in total. The zero-order chi connectivity index (χ0) is 12.3. The summed E-state index contributed by atoms with van der Waals surface area (Å²) in [5, 5.41) is 0. The van der Waals surface area contributed by atoms with Crippen molar-refractivity contribution in [2.45, 2.75) is 45.1 Å². The van der Waals surface area contributed by atoms with Gasteiger partial charge in [0.1, 0.15) is 5.82 Å². The molecule has 1 aromatic carbocycles. The van der Waals surface area contributed by atoms with Crippen LogP contribution in [-0.4, -0.2) is 24.0 Å². The largest absolute Gasteiger partial charge is 0.300 e. The van der Waals surface area contributed by atoms with Crippen LogP contribution in [0.2, 0.25) is 0 Å². The first-order valence-corrected chi connectivity index (χ1v) is 6.76. The third-order valence-electron chi connectivity index (χ3n) is 3.55. The Kier molecular flexibility index (Phi) is 4.16. The number of rotatable bonds is 6. The normalized spacial score (nSPS) is 23.1. The van der Waals surface area contributed by atoms with Crippen LogP contribution in [0.25, 0.3) is 0 Å². The summed E-state index contributed by atoms with van der Waals surface area (Å²) < 4.78 is 13.7. The molecular formula is C15H22FN. The highest BCUT2D eigenvalue weighted by atomic mass is 19.1. The van der Waals surface area contributed by atoms with E-state index in [1.54, 1.807) is 12.1 Å². The van der Waals surface area contributed by atoms with Crippen molar-refractivity contribution in [2.75, 3.05) is 13.1 Å². The average molecular weight is 235 g/mol. The van der Waals surface area contributed by atoms with Crippen LogP contribution in [0.3, 0.4) is 0 Å². The third kappa shape index (κ3) is 2.86. The minimum Gasteiger partial charge on any atom is -0.300 e. The molecule has 1 aromatic rings. The lowest BCUT2D eigenvalue weighted by molar-refractivity contribution is 0.259. The fraction of sp³-hybridized carbons (Fsp3) is 0.600. The summed E-state index contributed by atoms with van der Waals surface area (Å²) in [6.07, 6.45) is 3.49. The standard InChI is InChI=1S/C15H22FN/c1-3-9-17(10-4-2)15-11-13(15)12-7-5-6-8-14(12)16/h5-8,13,15H,3-4,9-11H2,1-2H3/t13-,15+/m1/s1. The Bertz CT molecular complexity index is 358. The Morgan fingerprint density at radius 3 is 2.41 bits per heavy atom. The van der Waals surface area contributed by atoms with E-state index in [9.17, 15) is 4.39 Å². The summed E-state index contributed by atoms with van der Waals surface area (Å²) in [6, 6.07) is 7.81. The fourth-order valence-electron chi connectivity index (χ4n) is 2.71. The van der Waals surface area contributed by atoms with Crippen molar-refractivity contribution in [1.29, 1.82) is 0 Å². The molecule has 0 unspecified atom stereocenters. The average Bonchev–Trinajstić information content (AvgIpc) is 3.09. The van der Waals surface area contributed by atoms with Crippen LogP contribution in [0.5, 0.6) is 0 Å².